The third-order valence-electron chi connectivity index (χ3n) is 4.39. The largest absolute Gasteiger partial charge is 0.391 e. The number of rotatable bonds is 4. The van der Waals surface area contributed by atoms with Gasteiger partial charge < -0.3 is 10.0 Å². The fourth-order valence-electron chi connectivity index (χ4n) is 3.15. The van der Waals surface area contributed by atoms with Crippen molar-refractivity contribution in [3.63, 3.8) is 0 Å². The summed E-state index contributed by atoms with van der Waals surface area (Å²) in [5.41, 5.74) is 0.623. The zero-order valence-corrected chi connectivity index (χ0v) is 12.3. The van der Waals surface area contributed by atoms with Crippen LogP contribution >= 0.6 is 11.6 Å². The fourth-order valence-corrected chi connectivity index (χ4v) is 3.26. The maximum atomic E-state index is 13.4. The van der Waals surface area contributed by atoms with E-state index in [0.717, 1.165) is 31.2 Å². The van der Waals surface area contributed by atoms with E-state index in [9.17, 15) is 9.50 Å². The number of benzene rings is 1. The molecular formula is C15H21ClFNO. The Morgan fingerprint density at radius 3 is 2.53 bits per heavy atom. The number of hydrogen-bond donors (Lipinski definition) is 1. The van der Waals surface area contributed by atoms with Crippen LogP contribution in [0.3, 0.4) is 0 Å². The first-order chi connectivity index (χ1) is 8.95. The minimum Gasteiger partial charge on any atom is -0.391 e. The number of aliphatic hydroxyl groups is 1. The molecule has 1 aliphatic carbocycles. The Morgan fingerprint density at radius 2 is 2.00 bits per heavy atom. The van der Waals surface area contributed by atoms with Gasteiger partial charge in [0.1, 0.15) is 5.82 Å². The lowest BCUT2D eigenvalue weighted by molar-refractivity contribution is -0.00253. The van der Waals surface area contributed by atoms with Gasteiger partial charge in [0, 0.05) is 12.0 Å². The summed E-state index contributed by atoms with van der Waals surface area (Å²) in [6.45, 7) is 0. The summed E-state index contributed by atoms with van der Waals surface area (Å²) in [5, 5.41) is 10.7. The highest BCUT2D eigenvalue weighted by Gasteiger charge is 2.42. The molecule has 106 valence electrons. The monoisotopic (exact) mass is 285 g/mol. The van der Waals surface area contributed by atoms with Crippen molar-refractivity contribution in [1.82, 2.24) is 4.90 Å². The Morgan fingerprint density at radius 1 is 1.37 bits per heavy atom. The molecule has 1 saturated carbocycles. The van der Waals surface area contributed by atoms with Crippen molar-refractivity contribution < 1.29 is 9.50 Å². The lowest BCUT2D eigenvalue weighted by Crippen LogP contribution is -2.52. The van der Waals surface area contributed by atoms with Gasteiger partial charge in [-0.15, -0.1) is 0 Å². The SMILES string of the molecule is CN(C)C1(C(O)Cc2ccc(Cl)c(F)c2)CCCC1. The molecule has 1 aromatic carbocycles. The first kappa shape index (κ1) is 14.8. The number of hydrogen-bond acceptors (Lipinski definition) is 2. The third-order valence-corrected chi connectivity index (χ3v) is 4.70. The van der Waals surface area contributed by atoms with Crippen molar-refractivity contribution in [3.8, 4) is 0 Å². The van der Waals surface area contributed by atoms with E-state index in [1.54, 1.807) is 12.1 Å². The Kier molecular flexibility index (Phi) is 4.49. The molecule has 0 saturated heterocycles. The lowest BCUT2D eigenvalue weighted by atomic mass is 9.85. The second-order valence-corrected chi connectivity index (χ2v) is 6.08. The molecule has 1 aliphatic rings. The molecule has 2 nitrogen and oxygen atoms in total. The molecular weight excluding hydrogens is 265 g/mol. The van der Waals surface area contributed by atoms with E-state index in [1.165, 1.54) is 6.07 Å². The number of likely N-dealkylation sites (N-methyl/N-ethyl adjacent to an activating group) is 1. The maximum Gasteiger partial charge on any atom is 0.142 e. The van der Waals surface area contributed by atoms with Crippen LogP contribution < -0.4 is 0 Å². The van der Waals surface area contributed by atoms with Crippen LogP contribution in [0.1, 0.15) is 31.2 Å². The second kappa shape index (κ2) is 5.78. The zero-order chi connectivity index (χ0) is 14.0. The van der Waals surface area contributed by atoms with Crippen LogP contribution in [0.15, 0.2) is 18.2 Å². The van der Waals surface area contributed by atoms with Crippen LogP contribution in [0.4, 0.5) is 4.39 Å². The minimum absolute atomic E-state index is 0.126. The molecule has 0 heterocycles. The lowest BCUT2D eigenvalue weighted by Gasteiger charge is -2.40. The van der Waals surface area contributed by atoms with Gasteiger partial charge in [0.15, 0.2) is 0 Å². The van der Waals surface area contributed by atoms with Crippen LogP contribution in [0.25, 0.3) is 0 Å². The molecule has 1 unspecified atom stereocenters. The molecule has 19 heavy (non-hydrogen) atoms. The molecule has 0 aliphatic heterocycles. The van der Waals surface area contributed by atoms with E-state index >= 15 is 0 Å². The second-order valence-electron chi connectivity index (χ2n) is 5.67. The smallest absolute Gasteiger partial charge is 0.142 e. The maximum absolute atomic E-state index is 13.4. The molecule has 0 radical (unpaired) electrons. The highest BCUT2D eigenvalue weighted by Crippen LogP contribution is 2.37. The normalized spacial score (nSPS) is 19.9. The summed E-state index contributed by atoms with van der Waals surface area (Å²) < 4.78 is 13.4. The predicted molar refractivity (Wildman–Crippen MR) is 76.0 cm³/mol. The molecule has 0 bridgehead atoms. The molecule has 1 N–H and O–H groups in total. The van der Waals surface area contributed by atoms with Gasteiger partial charge in [0.25, 0.3) is 0 Å². The third kappa shape index (κ3) is 2.93. The summed E-state index contributed by atoms with van der Waals surface area (Å²) >= 11 is 5.68. The van der Waals surface area contributed by atoms with E-state index in [-0.39, 0.29) is 10.6 Å². The van der Waals surface area contributed by atoms with Crippen LogP contribution in [0, 0.1) is 5.82 Å². The van der Waals surface area contributed by atoms with Crippen LogP contribution in [-0.2, 0) is 6.42 Å². The number of halogens is 2. The highest BCUT2D eigenvalue weighted by molar-refractivity contribution is 6.30. The van der Waals surface area contributed by atoms with Crippen molar-refractivity contribution in [1.29, 1.82) is 0 Å². The van der Waals surface area contributed by atoms with Gasteiger partial charge in [-0.3, -0.25) is 0 Å². The summed E-state index contributed by atoms with van der Waals surface area (Å²) in [4.78, 5) is 2.12. The molecule has 4 heteroatoms. The Hall–Kier alpha value is -0.640. The van der Waals surface area contributed by atoms with Crippen molar-refractivity contribution in [2.45, 2.75) is 43.7 Å². The summed E-state index contributed by atoms with van der Waals surface area (Å²) in [6.07, 6.45) is 4.26. The van der Waals surface area contributed by atoms with E-state index in [0.29, 0.717) is 6.42 Å². The van der Waals surface area contributed by atoms with Gasteiger partial charge >= 0.3 is 0 Å². The summed E-state index contributed by atoms with van der Waals surface area (Å²) in [6, 6.07) is 4.76. The minimum atomic E-state index is -0.481. The van der Waals surface area contributed by atoms with Gasteiger partial charge in [-0.1, -0.05) is 30.5 Å². The molecule has 0 spiro atoms. The van der Waals surface area contributed by atoms with E-state index in [4.69, 9.17) is 11.6 Å². The number of aliphatic hydroxyl groups excluding tert-OH is 1. The zero-order valence-electron chi connectivity index (χ0n) is 11.5. The molecule has 1 fully saturated rings. The van der Waals surface area contributed by atoms with Crippen molar-refractivity contribution in [3.05, 3.63) is 34.6 Å². The predicted octanol–water partition coefficient (Wildman–Crippen LogP) is 3.26. The number of nitrogens with zero attached hydrogens (tertiary/aromatic N) is 1. The van der Waals surface area contributed by atoms with E-state index in [1.807, 2.05) is 14.1 Å². The van der Waals surface area contributed by atoms with Gasteiger partial charge in [0.05, 0.1) is 11.1 Å². The molecule has 2 rings (SSSR count). The fraction of sp³-hybridized carbons (Fsp3) is 0.600. The quantitative estimate of drug-likeness (QED) is 0.918. The average Bonchev–Trinajstić information content (AvgIpc) is 2.84. The van der Waals surface area contributed by atoms with Gasteiger partial charge in [-0.2, -0.15) is 0 Å². The highest BCUT2D eigenvalue weighted by atomic mass is 35.5. The van der Waals surface area contributed by atoms with Crippen molar-refractivity contribution >= 4 is 11.6 Å². The van der Waals surface area contributed by atoms with Crippen molar-refractivity contribution in [2.75, 3.05) is 14.1 Å². The van der Waals surface area contributed by atoms with E-state index in [2.05, 4.69) is 4.90 Å². The molecule has 0 aromatic heterocycles. The first-order valence-electron chi connectivity index (χ1n) is 6.75. The van der Waals surface area contributed by atoms with Gasteiger partial charge in [-0.05, 0) is 44.6 Å². The van der Waals surface area contributed by atoms with Gasteiger partial charge in [-0.25, -0.2) is 4.39 Å². The van der Waals surface area contributed by atoms with Crippen LogP contribution in [0.2, 0.25) is 5.02 Å². The van der Waals surface area contributed by atoms with Gasteiger partial charge in [0.2, 0.25) is 0 Å². The molecule has 1 aromatic rings. The Bertz CT molecular complexity index is 444. The topological polar surface area (TPSA) is 23.5 Å². The Balaban J connectivity index is 2.15. The molecule has 0 amide bonds. The van der Waals surface area contributed by atoms with E-state index < -0.39 is 11.9 Å². The van der Waals surface area contributed by atoms with Crippen LogP contribution in [0.5, 0.6) is 0 Å². The van der Waals surface area contributed by atoms with Crippen molar-refractivity contribution in [2.24, 2.45) is 0 Å². The first-order valence-corrected chi connectivity index (χ1v) is 7.13. The molecule has 1 atom stereocenters. The summed E-state index contributed by atoms with van der Waals surface area (Å²) in [7, 11) is 4.02. The standard InChI is InChI=1S/C15H21ClFNO/c1-18(2)15(7-3-4-8-15)14(19)10-11-5-6-12(16)13(17)9-11/h5-6,9,14,19H,3-4,7-8,10H2,1-2H3. The summed E-state index contributed by atoms with van der Waals surface area (Å²) in [5.74, 6) is -0.420. The average molecular weight is 286 g/mol. The Labute approximate surface area is 119 Å². The van der Waals surface area contributed by atoms with Crippen LogP contribution in [-0.4, -0.2) is 35.7 Å².